The smallest absolute Gasteiger partial charge is 0.244 e. The van der Waals surface area contributed by atoms with Crippen molar-refractivity contribution in [2.75, 3.05) is 27.2 Å². The highest BCUT2D eigenvalue weighted by Crippen LogP contribution is 2.26. The Morgan fingerprint density at radius 1 is 1.40 bits per heavy atom. The maximum absolute atomic E-state index is 12.6. The van der Waals surface area contributed by atoms with Crippen LogP contribution in [0.5, 0.6) is 0 Å². The molecule has 1 fully saturated rings. The maximum Gasteiger partial charge on any atom is 0.244 e. The number of carbonyl (C=O) groups excluding carboxylic acids is 1. The van der Waals surface area contributed by atoms with Crippen molar-refractivity contribution in [3.05, 3.63) is 29.1 Å². The molecule has 0 saturated carbocycles. The number of hydrogen-bond donors (Lipinski definition) is 0. The van der Waals surface area contributed by atoms with Crippen LogP contribution < -0.4 is 0 Å². The first-order valence-electron chi connectivity index (χ1n) is 8.42. The van der Waals surface area contributed by atoms with Gasteiger partial charge in [0.25, 0.3) is 0 Å². The Balaban J connectivity index is 1.66. The molecule has 0 aromatic carbocycles. The van der Waals surface area contributed by atoms with Crippen LogP contribution in [0.25, 0.3) is 0 Å². The van der Waals surface area contributed by atoms with E-state index in [0.29, 0.717) is 11.6 Å². The molecule has 136 valence electrons. The fourth-order valence-electron chi connectivity index (χ4n) is 3.23. The molecule has 8 nitrogen and oxygen atoms in total. The Kier molecular flexibility index (Phi) is 5.39. The number of nitrogens with zero attached hydrogens (tertiary/aromatic N) is 7. The van der Waals surface area contributed by atoms with Gasteiger partial charge in [-0.15, -0.1) is 10.2 Å². The average Bonchev–Trinajstić information content (AvgIpc) is 3.13. The SMILES string of the molecule is CN(C)Cc1nnc([C@H]2CCCN(C(=O)Cn3cc(Cl)cn3)C2)n1C. The van der Waals surface area contributed by atoms with Crippen LogP contribution in [0.1, 0.15) is 30.4 Å². The molecule has 1 aliphatic heterocycles. The van der Waals surface area contributed by atoms with Gasteiger partial charge in [-0.25, -0.2) is 0 Å². The molecule has 3 rings (SSSR count). The quantitative estimate of drug-likeness (QED) is 0.794. The summed E-state index contributed by atoms with van der Waals surface area (Å²) < 4.78 is 3.64. The van der Waals surface area contributed by atoms with Crippen molar-refractivity contribution in [3.8, 4) is 0 Å². The van der Waals surface area contributed by atoms with Gasteiger partial charge < -0.3 is 14.4 Å². The van der Waals surface area contributed by atoms with Crippen molar-refractivity contribution >= 4 is 17.5 Å². The van der Waals surface area contributed by atoms with Crippen LogP contribution in [0.15, 0.2) is 12.4 Å². The molecule has 0 unspecified atom stereocenters. The van der Waals surface area contributed by atoms with Crippen LogP contribution in [0, 0.1) is 0 Å². The third-order valence-corrected chi connectivity index (χ3v) is 4.69. The van der Waals surface area contributed by atoms with Gasteiger partial charge in [0.15, 0.2) is 0 Å². The zero-order chi connectivity index (χ0) is 18.0. The zero-order valence-electron chi connectivity index (χ0n) is 14.9. The van der Waals surface area contributed by atoms with E-state index in [-0.39, 0.29) is 18.4 Å². The minimum atomic E-state index is 0.0557. The summed E-state index contributed by atoms with van der Waals surface area (Å²) in [7, 11) is 6.02. The first kappa shape index (κ1) is 17.9. The molecule has 1 atom stereocenters. The summed E-state index contributed by atoms with van der Waals surface area (Å²) in [6.07, 6.45) is 5.19. The highest BCUT2D eigenvalue weighted by molar-refractivity contribution is 6.30. The van der Waals surface area contributed by atoms with Crippen LogP contribution in [0.3, 0.4) is 0 Å². The summed E-state index contributed by atoms with van der Waals surface area (Å²) >= 11 is 5.86. The van der Waals surface area contributed by atoms with Gasteiger partial charge in [-0.05, 0) is 26.9 Å². The van der Waals surface area contributed by atoms with Gasteiger partial charge in [0.2, 0.25) is 5.91 Å². The largest absolute Gasteiger partial charge is 0.340 e. The van der Waals surface area contributed by atoms with E-state index in [1.54, 1.807) is 17.1 Å². The second-order valence-electron chi connectivity index (χ2n) is 6.81. The van der Waals surface area contributed by atoms with E-state index in [1.807, 2.05) is 26.0 Å². The Bertz CT molecular complexity index is 739. The van der Waals surface area contributed by atoms with Crippen LogP contribution in [-0.4, -0.2) is 67.4 Å². The van der Waals surface area contributed by atoms with Crippen molar-refractivity contribution < 1.29 is 4.79 Å². The van der Waals surface area contributed by atoms with Crippen molar-refractivity contribution in [2.45, 2.75) is 31.8 Å². The molecular formula is C16H24ClN7O. The minimum Gasteiger partial charge on any atom is -0.340 e. The van der Waals surface area contributed by atoms with Crippen LogP contribution in [0.2, 0.25) is 5.02 Å². The molecule has 0 N–H and O–H groups in total. The molecular weight excluding hydrogens is 342 g/mol. The molecule has 25 heavy (non-hydrogen) atoms. The summed E-state index contributed by atoms with van der Waals surface area (Å²) in [6.45, 7) is 2.40. The van der Waals surface area contributed by atoms with Crippen molar-refractivity contribution in [3.63, 3.8) is 0 Å². The number of piperidine rings is 1. The minimum absolute atomic E-state index is 0.0557. The van der Waals surface area contributed by atoms with E-state index in [4.69, 9.17) is 11.6 Å². The Morgan fingerprint density at radius 3 is 2.88 bits per heavy atom. The number of halogens is 1. The average molecular weight is 366 g/mol. The number of hydrogen-bond acceptors (Lipinski definition) is 5. The maximum atomic E-state index is 12.6. The predicted octanol–water partition coefficient (Wildman–Crippen LogP) is 1.13. The summed E-state index contributed by atoms with van der Waals surface area (Å²) in [5, 5.41) is 13.3. The molecule has 1 amide bonds. The number of likely N-dealkylation sites (tertiary alicyclic amines) is 1. The van der Waals surface area contributed by atoms with Gasteiger partial charge in [-0.3, -0.25) is 9.48 Å². The van der Waals surface area contributed by atoms with Crippen molar-refractivity contribution in [1.82, 2.24) is 34.3 Å². The van der Waals surface area contributed by atoms with Gasteiger partial charge in [0.1, 0.15) is 18.2 Å². The summed E-state index contributed by atoms with van der Waals surface area (Å²) in [5.41, 5.74) is 0. The van der Waals surface area contributed by atoms with E-state index in [2.05, 4.69) is 24.8 Å². The Hall–Kier alpha value is -1.93. The number of rotatable bonds is 5. The van der Waals surface area contributed by atoms with Crippen LogP contribution >= 0.6 is 11.6 Å². The zero-order valence-corrected chi connectivity index (χ0v) is 15.6. The van der Waals surface area contributed by atoms with Crippen LogP contribution in [0.4, 0.5) is 0 Å². The van der Waals surface area contributed by atoms with Crippen LogP contribution in [-0.2, 0) is 24.9 Å². The lowest BCUT2D eigenvalue weighted by Gasteiger charge is -2.32. The van der Waals surface area contributed by atoms with Gasteiger partial charge in [0, 0.05) is 32.3 Å². The molecule has 0 radical (unpaired) electrons. The highest BCUT2D eigenvalue weighted by atomic mass is 35.5. The van der Waals surface area contributed by atoms with E-state index >= 15 is 0 Å². The predicted molar refractivity (Wildman–Crippen MR) is 94.2 cm³/mol. The molecule has 2 aromatic rings. The van der Waals surface area contributed by atoms with Gasteiger partial charge in [0.05, 0.1) is 17.8 Å². The molecule has 1 saturated heterocycles. The normalized spacial score (nSPS) is 18.1. The number of amides is 1. The standard InChI is InChI=1S/C16H24ClN7O/c1-21(2)10-14-19-20-16(22(14)3)12-5-4-6-23(8-12)15(25)11-24-9-13(17)7-18-24/h7,9,12H,4-6,8,10-11H2,1-3H3/t12-/m0/s1. The highest BCUT2D eigenvalue weighted by Gasteiger charge is 2.28. The number of aromatic nitrogens is 5. The fraction of sp³-hybridized carbons (Fsp3) is 0.625. The third kappa shape index (κ3) is 4.19. The van der Waals surface area contributed by atoms with E-state index in [0.717, 1.165) is 37.6 Å². The lowest BCUT2D eigenvalue weighted by Crippen LogP contribution is -2.41. The van der Waals surface area contributed by atoms with Gasteiger partial charge >= 0.3 is 0 Å². The lowest BCUT2D eigenvalue weighted by atomic mass is 9.97. The van der Waals surface area contributed by atoms with E-state index < -0.39 is 0 Å². The second kappa shape index (κ2) is 7.53. The summed E-state index contributed by atoms with van der Waals surface area (Å²) in [4.78, 5) is 16.5. The number of carbonyl (C=O) groups is 1. The van der Waals surface area contributed by atoms with Crippen molar-refractivity contribution in [1.29, 1.82) is 0 Å². The van der Waals surface area contributed by atoms with E-state index in [1.165, 1.54) is 0 Å². The van der Waals surface area contributed by atoms with Gasteiger partial charge in [-0.1, -0.05) is 11.6 Å². The summed E-state index contributed by atoms with van der Waals surface area (Å²) in [6, 6.07) is 0. The molecule has 2 aromatic heterocycles. The molecule has 0 aliphatic carbocycles. The third-order valence-electron chi connectivity index (χ3n) is 4.49. The molecule has 1 aliphatic rings. The summed E-state index contributed by atoms with van der Waals surface area (Å²) in [5.74, 6) is 2.17. The van der Waals surface area contributed by atoms with Gasteiger partial charge in [-0.2, -0.15) is 5.10 Å². The first-order chi connectivity index (χ1) is 11.9. The first-order valence-corrected chi connectivity index (χ1v) is 8.80. The fourth-order valence-corrected chi connectivity index (χ4v) is 3.39. The monoisotopic (exact) mass is 365 g/mol. The molecule has 3 heterocycles. The lowest BCUT2D eigenvalue weighted by molar-refractivity contribution is -0.133. The topological polar surface area (TPSA) is 72.1 Å². The second-order valence-corrected chi connectivity index (χ2v) is 7.24. The molecule has 0 spiro atoms. The van der Waals surface area contributed by atoms with E-state index in [9.17, 15) is 4.79 Å². The van der Waals surface area contributed by atoms with Crippen molar-refractivity contribution in [2.24, 2.45) is 7.05 Å². The molecule has 0 bridgehead atoms. The molecule has 9 heteroatoms. The Morgan fingerprint density at radius 2 is 2.20 bits per heavy atom. The Labute approximate surface area is 152 Å².